The Bertz CT molecular complexity index is 558. The molecule has 1 amide bonds. The van der Waals surface area contributed by atoms with E-state index in [0.717, 1.165) is 16.6 Å². The minimum Gasteiger partial charge on any atom is -0.343 e. The molecule has 78 valence electrons. The molecule has 1 aromatic heterocycles. The van der Waals surface area contributed by atoms with Gasteiger partial charge in [-0.1, -0.05) is 18.7 Å². The number of fused-ring (bicyclic) bond motifs is 1. The zero-order chi connectivity index (χ0) is 10.8. The topological polar surface area (TPSA) is 77.8 Å². The molecule has 0 atom stereocenters. The Labute approximate surface area is 90.3 Å². The number of rotatable bonds is 2. The summed E-state index contributed by atoms with van der Waals surface area (Å²) in [5.74, 6) is 0. The lowest BCUT2D eigenvalue weighted by atomic mass is 10.2. The lowest BCUT2D eigenvalue weighted by Gasteiger charge is -2.01. The first-order valence-corrected chi connectivity index (χ1v) is 4.77. The molecule has 0 saturated heterocycles. The van der Waals surface area contributed by atoms with Gasteiger partial charge < -0.3 is 15.3 Å². The summed E-state index contributed by atoms with van der Waals surface area (Å²) in [6.07, 6.45) is 0. The van der Waals surface area contributed by atoms with Crippen LogP contribution in [-0.4, -0.2) is 15.2 Å². The molecule has 0 bridgehead atoms. The molecule has 0 fully saturated rings. The fraction of sp³-hybridized carbons (Fsp3) is 0.111. The van der Waals surface area contributed by atoms with Crippen molar-refractivity contribution < 1.29 is 4.79 Å². The number of H-pyrrole nitrogens is 2. The Morgan fingerprint density at radius 1 is 1.33 bits per heavy atom. The average molecular weight is 223 g/mol. The van der Waals surface area contributed by atoms with Crippen molar-refractivity contribution in [1.29, 1.82) is 0 Å². The van der Waals surface area contributed by atoms with Gasteiger partial charge >= 0.3 is 5.69 Å². The van der Waals surface area contributed by atoms with Crippen LogP contribution in [0.3, 0.4) is 0 Å². The van der Waals surface area contributed by atoms with Gasteiger partial charge in [0.05, 0.1) is 11.0 Å². The third kappa shape index (κ3) is 2.21. The minimum absolute atomic E-state index is 0.236. The van der Waals surface area contributed by atoms with Gasteiger partial charge in [0.15, 0.2) is 0 Å². The number of aromatic nitrogens is 2. The molecule has 2 rings (SSSR count). The van der Waals surface area contributed by atoms with E-state index in [9.17, 15) is 9.59 Å². The Balaban J connectivity index is 2.30. The van der Waals surface area contributed by atoms with Crippen LogP contribution in [0.4, 0.5) is 4.79 Å². The first-order chi connectivity index (χ1) is 7.15. The summed E-state index contributed by atoms with van der Waals surface area (Å²) in [5, 5.41) is 2.18. The number of imidazole rings is 1. The van der Waals surface area contributed by atoms with Gasteiger partial charge in [0.1, 0.15) is 0 Å². The van der Waals surface area contributed by atoms with Gasteiger partial charge in [-0.05, 0) is 17.7 Å². The van der Waals surface area contributed by atoms with Gasteiger partial charge in [-0.15, -0.1) is 0 Å². The van der Waals surface area contributed by atoms with Gasteiger partial charge in [-0.25, -0.2) is 4.79 Å². The highest BCUT2D eigenvalue weighted by atomic mass is 32.1. The van der Waals surface area contributed by atoms with Crippen LogP contribution in [-0.2, 0) is 6.54 Å². The molecular formula is C9H9N3O2S. The molecule has 0 spiro atoms. The molecule has 1 aromatic carbocycles. The highest BCUT2D eigenvalue weighted by molar-refractivity contribution is 7.96. The lowest BCUT2D eigenvalue weighted by Crippen LogP contribution is -2.15. The Hall–Kier alpha value is -1.69. The van der Waals surface area contributed by atoms with Gasteiger partial charge in [0.2, 0.25) is 0 Å². The number of amides is 1. The molecule has 0 unspecified atom stereocenters. The third-order valence-electron chi connectivity index (χ3n) is 2.02. The van der Waals surface area contributed by atoms with Crippen LogP contribution >= 0.6 is 12.6 Å². The molecule has 2 aromatic rings. The molecular weight excluding hydrogens is 214 g/mol. The van der Waals surface area contributed by atoms with Crippen LogP contribution in [0.1, 0.15) is 5.56 Å². The van der Waals surface area contributed by atoms with Crippen LogP contribution in [0.15, 0.2) is 23.0 Å². The Morgan fingerprint density at radius 2 is 2.07 bits per heavy atom. The zero-order valence-corrected chi connectivity index (χ0v) is 8.60. The summed E-state index contributed by atoms with van der Waals surface area (Å²) in [7, 11) is 0. The van der Waals surface area contributed by atoms with E-state index in [1.165, 1.54) is 0 Å². The van der Waals surface area contributed by atoms with E-state index in [1.807, 2.05) is 6.07 Å². The number of thiol groups is 1. The predicted molar refractivity (Wildman–Crippen MR) is 60.1 cm³/mol. The highest BCUT2D eigenvalue weighted by Crippen LogP contribution is 2.09. The molecule has 5 nitrogen and oxygen atoms in total. The van der Waals surface area contributed by atoms with E-state index in [0.29, 0.717) is 6.54 Å². The van der Waals surface area contributed by atoms with Crippen LogP contribution < -0.4 is 11.0 Å². The van der Waals surface area contributed by atoms with Gasteiger partial charge in [-0.3, -0.25) is 4.79 Å². The van der Waals surface area contributed by atoms with Crippen LogP contribution in [0.25, 0.3) is 11.0 Å². The van der Waals surface area contributed by atoms with E-state index < -0.39 is 0 Å². The average Bonchev–Trinajstić information content (AvgIpc) is 2.53. The molecule has 1 heterocycles. The van der Waals surface area contributed by atoms with E-state index >= 15 is 0 Å². The van der Waals surface area contributed by atoms with Crippen LogP contribution in [0.5, 0.6) is 0 Å². The molecule has 3 N–H and O–H groups in total. The normalized spacial score (nSPS) is 10.5. The van der Waals surface area contributed by atoms with Gasteiger partial charge in [0, 0.05) is 6.54 Å². The number of aromatic amines is 2. The number of benzene rings is 1. The summed E-state index contributed by atoms with van der Waals surface area (Å²) in [5.41, 5.74) is 2.15. The van der Waals surface area contributed by atoms with E-state index in [-0.39, 0.29) is 10.9 Å². The highest BCUT2D eigenvalue weighted by Gasteiger charge is 2.00. The monoisotopic (exact) mass is 223 g/mol. The second-order valence-electron chi connectivity index (χ2n) is 3.12. The summed E-state index contributed by atoms with van der Waals surface area (Å²) in [6, 6.07) is 5.42. The standard InChI is InChI=1S/C9H9N3O2S/c13-8-11-6-2-1-5(3-7(6)12-8)4-10-9(14)15/h1-3H,4H2,(H2,10,14,15)(H2,11,12,13). The third-order valence-corrected chi connectivity index (χ3v) is 2.18. The molecule has 0 aliphatic carbocycles. The number of hydrogen-bond donors (Lipinski definition) is 4. The minimum atomic E-state index is -0.377. The molecule has 0 saturated carbocycles. The fourth-order valence-corrected chi connectivity index (χ4v) is 1.45. The number of hydrogen-bond acceptors (Lipinski definition) is 2. The summed E-state index contributed by atoms with van der Waals surface area (Å²) in [6.45, 7) is 0.394. The molecule has 0 aliphatic rings. The van der Waals surface area contributed by atoms with Crippen molar-refractivity contribution in [2.75, 3.05) is 0 Å². The fourth-order valence-electron chi connectivity index (χ4n) is 1.37. The first-order valence-electron chi connectivity index (χ1n) is 4.33. The summed E-state index contributed by atoms with van der Waals surface area (Å²) < 4.78 is 0. The van der Waals surface area contributed by atoms with Crippen LogP contribution in [0, 0.1) is 0 Å². The smallest absolute Gasteiger partial charge is 0.323 e. The SMILES string of the molecule is O=C(S)NCc1ccc2[nH]c(=O)[nH]c2c1. The summed E-state index contributed by atoms with van der Waals surface area (Å²) in [4.78, 5) is 26.8. The predicted octanol–water partition coefficient (Wildman–Crippen LogP) is 0.996. The van der Waals surface area contributed by atoms with Crippen molar-refractivity contribution >= 4 is 28.9 Å². The number of nitrogens with one attached hydrogen (secondary N) is 3. The lowest BCUT2D eigenvalue weighted by molar-refractivity contribution is 0.260. The largest absolute Gasteiger partial charge is 0.343 e. The maximum absolute atomic E-state index is 11.0. The molecule has 0 aliphatic heterocycles. The molecule has 0 radical (unpaired) electrons. The van der Waals surface area contributed by atoms with Crippen LogP contribution in [0.2, 0.25) is 0 Å². The second kappa shape index (κ2) is 3.82. The van der Waals surface area contributed by atoms with Crippen molar-refractivity contribution in [3.63, 3.8) is 0 Å². The van der Waals surface area contributed by atoms with Crippen molar-refractivity contribution in [2.45, 2.75) is 6.54 Å². The summed E-state index contributed by atoms with van der Waals surface area (Å²) >= 11 is 3.59. The Kier molecular flexibility index (Phi) is 2.51. The number of carbonyl (C=O) groups excluding carboxylic acids is 1. The van der Waals surface area contributed by atoms with E-state index in [1.54, 1.807) is 12.1 Å². The second-order valence-corrected chi connectivity index (χ2v) is 3.52. The first kappa shape index (κ1) is 9.85. The maximum atomic E-state index is 11.0. The van der Waals surface area contributed by atoms with Gasteiger partial charge in [0.25, 0.3) is 5.24 Å². The van der Waals surface area contributed by atoms with Gasteiger partial charge in [-0.2, -0.15) is 0 Å². The molecule has 6 heteroatoms. The Morgan fingerprint density at radius 3 is 2.80 bits per heavy atom. The van der Waals surface area contributed by atoms with Crippen molar-refractivity contribution in [1.82, 2.24) is 15.3 Å². The van der Waals surface area contributed by atoms with Crippen molar-refractivity contribution in [3.8, 4) is 0 Å². The van der Waals surface area contributed by atoms with Crippen molar-refractivity contribution in [2.24, 2.45) is 0 Å². The maximum Gasteiger partial charge on any atom is 0.323 e. The zero-order valence-electron chi connectivity index (χ0n) is 7.70. The quantitative estimate of drug-likeness (QED) is 0.573. The molecule has 15 heavy (non-hydrogen) atoms. The van der Waals surface area contributed by atoms with Crippen molar-refractivity contribution in [3.05, 3.63) is 34.2 Å². The van der Waals surface area contributed by atoms with E-state index in [4.69, 9.17) is 0 Å². The number of carbonyl (C=O) groups is 1. The van der Waals surface area contributed by atoms with E-state index in [2.05, 4.69) is 27.9 Å².